The van der Waals surface area contributed by atoms with Gasteiger partial charge >= 0.3 is 11.9 Å². The van der Waals surface area contributed by atoms with Gasteiger partial charge in [-0.25, -0.2) is 9.59 Å². The number of nitrogens with one attached hydrogen (secondary N) is 2. The molecule has 1 aliphatic rings. The van der Waals surface area contributed by atoms with Gasteiger partial charge in [-0.3, -0.25) is 19.2 Å². The van der Waals surface area contributed by atoms with Crippen molar-refractivity contribution in [1.82, 2.24) is 9.97 Å². The molecule has 0 amide bonds. The zero-order valence-corrected chi connectivity index (χ0v) is 21.3. The number of aromatic amines is 2. The number of hydrogen-bond acceptors (Lipinski definition) is 8. The normalized spacial score (nSPS) is 12.4. The first-order valence-corrected chi connectivity index (χ1v) is 12.1. The van der Waals surface area contributed by atoms with Crippen LogP contribution in [0.1, 0.15) is 66.7 Å². The average molecular weight is 555 g/mol. The second-order valence-electron chi connectivity index (χ2n) is 8.26. The second kappa shape index (κ2) is 9.23. The van der Waals surface area contributed by atoms with E-state index in [9.17, 15) is 28.8 Å². The molecule has 38 heavy (non-hydrogen) atoms. The lowest BCUT2D eigenvalue weighted by molar-refractivity contribution is 0.0518. The number of hydrogen-bond donors (Lipinski definition) is 2. The molecule has 0 atom stereocenters. The van der Waals surface area contributed by atoms with E-state index in [1.165, 1.54) is 24.3 Å². The Hall–Kier alpha value is -4.28. The lowest BCUT2D eigenvalue weighted by atomic mass is 9.87. The fraction of sp³-hybridized carbons (Fsp3) is 0.154. The first kappa shape index (κ1) is 25.4. The SMILES string of the molecule is CCOC(=O)c1cc(Cl)cc2c(=O)c3c([nH]c12)C(=O)c1c([nH]c2c(C(=O)OCC)cc(Cl)cc2c1=O)C3=O. The van der Waals surface area contributed by atoms with Crippen LogP contribution in [0.25, 0.3) is 21.8 Å². The molecule has 2 heterocycles. The smallest absolute Gasteiger partial charge is 0.340 e. The molecule has 2 N–H and O–H groups in total. The summed E-state index contributed by atoms with van der Waals surface area (Å²) < 4.78 is 10.1. The summed E-state index contributed by atoms with van der Waals surface area (Å²) in [6.45, 7) is 3.24. The number of aromatic nitrogens is 2. The third kappa shape index (κ3) is 3.72. The van der Waals surface area contributed by atoms with E-state index in [1.54, 1.807) is 13.8 Å². The minimum absolute atomic E-state index is 0.0244. The van der Waals surface area contributed by atoms with E-state index in [0.29, 0.717) is 0 Å². The molecule has 1 aliphatic carbocycles. The molecule has 0 spiro atoms. The van der Waals surface area contributed by atoms with Crippen molar-refractivity contribution < 1.29 is 28.7 Å². The van der Waals surface area contributed by atoms with E-state index in [2.05, 4.69) is 9.97 Å². The summed E-state index contributed by atoms with van der Waals surface area (Å²) in [5.74, 6) is -3.54. The molecule has 12 heteroatoms. The highest BCUT2D eigenvalue weighted by atomic mass is 35.5. The van der Waals surface area contributed by atoms with Gasteiger partial charge < -0.3 is 19.4 Å². The van der Waals surface area contributed by atoms with Gasteiger partial charge in [0.15, 0.2) is 0 Å². The zero-order valence-electron chi connectivity index (χ0n) is 19.7. The van der Waals surface area contributed by atoms with Crippen LogP contribution in [0, 0.1) is 0 Å². The van der Waals surface area contributed by atoms with Crippen molar-refractivity contribution in [3.05, 3.63) is 88.4 Å². The van der Waals surface area contributed by atoms with Crippen LogP contribution in [-0.4, -0.2) is 46.7 Å². The number of rotatable bonds is 4. The summed E-state index contributed by atoms with van der Waals surface area (Å²) in [6, 6.07) is 5.00. The van der Waals surface area contributed by atoms with Crippen LogP contribution in [0.4, 0.5) is 0 Å². The van der Waals surface area contributed by atoms with Gasteiger partial charge in [0.1, 0.15) is 11.4 Å². The number of halogens is 2. The Morgan fingerprint density at radius 2 is 1.05 bits per heavy atom. The predicted molar refractivity (Wildman–Crippen MR) is 138 cm³/mol. The van der Waals surface area contributed by atoms with Gasteiger partial charge in [0.25, 0.3) is 0 Å². The van der Waals surface area contributed by atoms with Gasteiger partial charge in [-0.2, -0.15) is 0 Å². The summed E-state index contributed by atoms with van der Waals surface area (Å²) in [5, 5.41) is -0.218. The Labute approximate surface area is 222 Å². The van der Waals surface area contributed by atoms with E-state index < -0.39 is 56.9 Å². The van der Waals surface area contributed by atoms with Crippen molar-refractivity contribution in [2.45, 2.75) is 13.8 Å². The van der Waals surface area contributed by atoms with E-state index in [0.717, 1.165) is 0 Å². The highest BCUT2D eigenvalue weighted by Crippen LogP contribution is 2.30. The molecule has 0 aliphatic heterocycles. The largest absolute Gasteiger partial charge is 0.462 e. The minimum atomic E-state index is -0.959. The van der Waals surface area contributed by atoms with E-state index in [-0.39, 0.29) is 56.2 Å². The molecule has 10 nitrogen and oxygen atoms in total. The van der Waals surface area contributed by atoms with Gasteiger partial charge in [0.05, 0.1) is 46.5 Å². The first-order valence-electron chi connectivity index (χ1n) is 11.3. The van der Waals surface area contributed by atoms with Crippen LogP contribution in [0.3, 0.4) is 0 Å². The van der Waals surface area contributed by atoms with Crippen molar-refractivity contribution in [1.29, 1.82) is 0 Å². The quantitative estimate of drug-likeness (QED) is 0.318. The molecule has 192 valence electrons. The van der Waals surface area contributed by atoms with Crippen molar-refractivity contribution >= 4 is 68.5 Å². The number of fused-ring (bicyclic) bond motifs is 4. The lowest BCUT2D eigenvalue weighted by Crippen LogP contribution is -2.35. The molecule has 0 bridgehead atoms. The van der Waals surface area contributed by atoms with E-state index in [1.807, 2.05) is 0 Å². The first-order chi connectivity index (χ1) is 18.1. The maximum atomic E-state index is 13.6. The minimum Gasteiger partial charge on any atom is -0.462 e. The van der Waals surface area contributed by atoms with E-state index in [4.69, 9.17) is 32.7 Å². The number of ketones is 2. The number of H-pyrrole nitrogens is 2. The van der Waals surface area contributed by atoms with Gasteiger partial charge in [-0.05, 0) is 38.1 Å². The van der Waals surface area contributed by atoms with Gasteiger partial charge in [-0.1, -0.05) is 23.2 Å². The number of carbonyl (C=O) groups is 4. The molecule has 0 radical (unpaired) electrons. The van der Waals surface area contributed by atoms with Gasteiger partial charge in [0.2, 0.25) is 22.4 Å². The molecule has 0 fully saturated rings. The fourth-order valence-electron chi connectivity index (χ4n) is 4.48. The van der Waals surface area contributed by atoms with Crippen LogP contribution in [0.2, 0.25) is 10.0 Å². The highest BCUT2D eigenvalue weighted by Gasteiger charge is 2.37. The van der Waals surface area contributed by atoms with Crippen LogP contribution >= 0.6 is 23.2 Å². The molecule has 2 aromatic heterocycles. The van der Waals surface area contributed by atoms with Crippen LogP contribution in [-0.2, 0) is 9.47 Å². The summed E-state index contributed by atoms with van der Waals surface area (Å²) in [4.78, 5) is 84.6. The molecule has 4 aromatic rings. The number of ether oxygens (including phenoxy) is 2. The molecular weight excluding hydrogens is 539 g/mol. The Morgan fingerprint density at radius 1 is 0.684 bits per heavy atom. The molecule has 5 rings (SSSR count). The molecule has 0 saturated heterocycles. The predicted octanol–water partition coefficient (Wildman–Crippen LogP) is 3.81. The van der Waals surface area contributed by atoms with Crippen molar-refractivity contribution in [2.24, 2.45) is 0 Å². The Kier molecular flexibility index (Phi) is 6.16. The zero-order chi connectivity index (χ0) is 27.5. The molecular formula is C26H16Cl2N2O8. The van der Waals surface area contributed by atoms with Crippen LogP contribution in [0.5, 0.6) is 0 Å². The number of esters is 2. The number of carbonyl (C=O) groups excluding carboxylic acids is 4. The van der Waals surface area contributed by atoms with Gasteiger partial charge in [0, 0.05) is 20.8 Å². The van der Waals surface area contributed by atoms with Gasteiger partial charge in [-0.15, -0.1) is 0 Å². The van der Waals surface area contributed by atoms with Crippen molar-refractivity contribution in [3.8, 4) is 0 Å². The number of pyridine rings is 2. The lowest BCUT2D eigenvalue weighted by Gasteiger charge is -2.19. The summed E-state index contributed by atoms with van der Waals surface area (Å²) >= 11 is 12.3. The maximum Gasteiger partial charge on any atom is 0.340 e. The monoisotopic (exact) mass is 554 g/mol. The fourth-order valence-corrected chi connectivity index (χ4v) is 4.91. The third-order valence-corrected chi connectivity index (χ3v) is 6.49. The molecule has 0 saturated carbocycles. The van der Waals surface area contributed by atoms with Crippen molar-refractivity contribution in [2.75, 3.05) is 13.2 Å². The molecule has 0 unspecified atom stereocenters. The summed E-state index contributed by atoms with van der Waals surface area (Å²) in [6.07, 6.45) is 0. The van der Waals surface area contributed by atoms with E-state index >= 15 is 0 Å². The highest BCUT2D eigenvalue weighted by molar-refractivity contribution is 6.33. The Bertz CT molecular complexity index is 1750. The Morgan fingerprint density at radius 3 is 1.39 bits per heavy atom. The van der Waals surface area contributed by atoms with Crippen molar-refractivity contribution in [3.63, 3.8) is 0 Å². The summed E-state index contributed by atoms with van der Waals surface area (Å²) in [7, 11) is 0. The second-order valence-corrected chi connectivity index (χ2v) is 9.13. The standard InChI is InChI=1S/C26H16Cl2N2O8/c1-3-37-25(35)13-7-9(27)5-11-17(13)29-19-15(21(11)31)24(34)20-16(23(19)33)22(32)12-6-10(28)8-14(18(12)30-20)26(36)38-4-2/h5-8H,3-4H2,1-2H3,(H,29,31)(H,30,32). The Balaban J connectivity index is 1.85. The maximum absolute atomic E-state index is 13.6. The van der Waals surface area contributed by atoms with Crippen LogP contribution in [0.15, 0.2) is 33.9 Å². The third-order valence-electron chi connectivity index (χ3n) is 6.05. The summed E-state index contributed by atoms with van der Waals surface area (Å²) in [5.41, 5.74) is -4.20. The average Bonchev–Trinajstić information content (AvgIpc) is 2.87. The van der Waals surface area contributed by atoms with Crippen LogP contribution < -0.4 is 10.9 Å². The molecule has 2 aromatic carbocycles. The topological polar surface area (TPSA) is 152 Å². The number of benzene rings is 2.